The molecule has 1 heterocycles. The highest BCUT2D eigenvalue weighted by atomic mass is 32.2. The minimum Gasteiger partial charge on any atom is -0.322 e. The number of rotatable bonds is 7. The van der Waals surface area contributed by atoms with Crippen LogP contribution in [0.3, 0.4) is 0 Å². The Morgan fingerprint density at radius 2 is 1.83 bits per heavy atom. The molecule has 0 aliphatic heterocycles. The molecule has 6 heteroatoms. The van der Waals surface area contributed by atoms with E-state index in [1.165, 1.54) is 6.26 Å². The van der Waals surface area contributed by atoms with Crippen LogP contribution in [0, 0.1) is 11.3 Å². The topological polar surface area (TPSA) is 90.8 Å². The Morgan fingerprint density at radius 3 is 2.50 bits per heavy atom. The summed E-state index contributed by atoms with van der Waals surface area (Å²) in [5, 5.41) is 10.9. The van der Waals surface area contributed by atoms with Gasteiger partial charge in [-0.15, -0.1) is 0 Å². The van der Waals surface area contributed by atoms with Crippen LogP contribution < -0.4 is 5.56 Å². The number of sulfone groups is 1. The Balaban J connectivity index is 1.92. The molecule has 156 valence electrons. The Hall–Kier alpha value is -2.91. The van der Waals surface area contributed by atoms with Gasteiger partial charge in [-0.05, 0) is 60.4 Å². The zero-order valence-corrected chi connectivity index (χ0v) is 18.3. The maximum absolute atomic E-state index is 12.2. The molecular weight excluding hydrogens is 396 g/mol. The predicted molar refractivity (Wildman–Crippen MR) is 120 cm³/mol. The van der Waals surface area contributed by atoms with Crippen molar-refractivity contribution in [3.63, 3.8) is 0 Å². The lowest BCUT2D eigenvalue weighted by Crippen LogP contribution is -2.23. The summed E-state index contributed by atoms with van der Waals surface area (Å²) in [7, 11) is -3.03. The average Bonchev–Trinajstić information content (AvgIpc) is 2.71. The molecule has 3 rings (SSSR count). The molecule has 0 aliphatic rings. The second-order valence-corrected chi connectivity index (χ2v) is 10.4. The van der Waals surface area contributed by atoms with E-state index in [4.69, 9.17) is 0 Å². The maximum Gasteiger partial charge on any atom is 0.251 e. The molecule has 0 saturated carbocycles. The number of fused-ring (bicyclic) bond motifs is 1. The normalized spacial score (nSPS) is 13.7. The SMILES string of the molecule is CCc1cc2ccc(C(C)(C#N)Cc3cccc(CCS(C)(=O)=O)c3)cc2[nH]c1=O. The number of benzene rings is 2. The molecule has 0 bridgehead atoms. The van der Waals surface area contributed by atoms with Crippen LogP contribution in [0.1, 0.15) is 36.1 Å². The molecule has 1 aromatic heterocycles. The maximum atomic E-state index is 12.2. The van der Waals surface area contributed by atoms with Crippen LogP contribution in [0.15, 0.2) is 53.3 Å². The fourth-order valence-corrected chi connectivity index (χ4v) is 4.27. The average molecular weight is 423 g/mol. The van der Waals surface area contributed by atoms with E-state index in [2.05, 4.69) is 11.1 Å². The van der Waals surface area contributed by atoms with Gasteiger partial charge in [0.15, 0.2) is 0 Å². The van der Waals surface area contributed by atoms with E-state index in [1.54, 1.807) is 0 Å². The Kier molecular flexibility index (Phi) is 6.14. The molecule has 1 N–H and O–H groups in total. The minimum atomic E-state index is -3.03. The van der Waals surface area contributed by atoms with Gasteiger partial charge in [0, 0.05) is 17.3 Å². The molecule has 0 amide bonds. The fourth-order valence-electron chi connectivity index (χ4n) is 3.66. The molecular formula is C24H26N2O3S. The van der Waals surface area contributed by atoms with E-state index < -0.39 is 15.3 Å². The smallest absolute Gasteiger partial charge is 0.251 e. The summed E-state index contributed by atoms with van der Waals surface area (Å²) in [6, 6.07) is 17.8. The van der Waals surface area contributed by atoms with E-state index in [0.717, 1.165) is 33.2 Å². The van der Waals surface area contributed by atoms with E-state index in [0.29, 0.717) is 19.3 Å². The van der Waals surface area contributed by atoms with Crippen molar-refractivity contribution in [2.45, 2.75) is 38.5 Å². The first kappa shape index (κ1) is 21.8. The van der Waals surface area contributed by atoms with Crippen LogP contribution in [-0.4, -0.2) is 25.4 Å². The molecule has 0 saturated heterocycles. The predicted octanol–water partition coefficient (Wildman–Crippen LogP) is 3.70. The van der Waals surface area contributed by atoms with Gasteiger partial charge in [-0.1, -0.05) is 43.3 Å². The third-order valence-electron chi connectivity index (χ3n) is 5.50. The molecule has 3 aromatic rings. The Morgan fingerprint density at radius 1 is 1.10 bits per heavy atom. The van der Waals surface area contributed by atoms with Crippen LogP contribution in [0.2, 0.25) is 0 Å². The number of H-pyrrole nitrogens is 1. The second-order valence-electron chi connectivity index (χ2n) is 8.10. The van der Waals surface area contributed by atoms with Gasteiger partial charge < -0.3 is 4.98 Å². The first-order valence-corrected chi connectivity index (χ1v) is 12.0. The number of nitrogens with one attached hydrogen (secondary N) is 1. The van der Waals surface area contributed by atoms with Crippen molar-refractivity contribution in [2.24, 2.45) is 0 Å². The van der Waals surface area contributed by atoms with Crippen LogP contribution in [0.4, 0.5) is 0 Å². The van der Waals surface area contributed by atoms with Gasteiger partial charge >= 0.3 is 0 Å². The van der Waals surface area contributed by atoms with Crippen molar-refractivity contribution >= 4 is 20.7 Å². The Labute approximate surface area is 177 Å². The van der Waals surface area contributed by atoms with Crippen molar-refractivity contribution in [3.05, 3.63) is 81.1 Å². The minimum absolute atomic E-state index is 0.0978. The second kappa shape index (κ2) is 8.45. The lowest BCUT2D eigenvalue weighted by Gasteiger charge is -2.23. The van der Waals surface area contributed by atoms with Gasteiger partial charge in [-0.2, -0.15) is 5.26 Å². The highest BCUT2D eigenvalue weighted by Crippen LogP contribution is 2.30. The van der Waals surface area contributed by atoms with Gasteiger partial charge in [0.25, 0.3) is 5.56 Å². The van der Waals surface area contributed by atoms with Gasteiger partial charge in [0.1, 0.15) is 9.84 Å². The molecule has 30 heavy (non-hydrogen) atoms. The van der Waals surface area contributed by atoms with Crippen molar-refractivity contribution in [3.8, 4) is 6.07 Å². The molecule has 5 nitrogen and oxygen atoms in total. The van der Waals surface area contributed by atoms with Gasteiger partial charge in [0.2, 0.25) is 0 Å². The summed E-state index contributed by atoms with van der Waals surface area (Å²) in [4.78, 5) is 15.1. The van der Waals surface area contributed by atoms with E-state index >= 15 is 0 Å². The summed E-state index contributed by atoms with van der Waals surface area (Å²) in [5.41, 5.74) is 3.32. The largest absolute Gasteiger partial charge is 0.322 e. The zero-order valence-electron chi connectivity index (χ0n) is 17.5. The van der Waals surface area contributed by atoms with Crippen molar-refractivity contribution in [1.29, 1.82) is 5.26 Å². The van der Waals surface area contributed by atoms with Crippen LogP contribution >= 0.6 is 0 Å². The first-order valence-electron chi connectivity index (χ1n) is 9.97. The molecule has 0 aliphatic carbocycles. The highest BCUT2D eigenvalue weighted by molar-refractivity contribution is 7.90. The summed E-state index contributed by atoms with van der Waals surface area (Å²) in [6.45, 7) is 3.83. The van der Waals surface area contributed by atoms with Crippen LogP contribution in [0.5, 0.6) is 0 Å². The van der Waals surface area contributed by atoms with Gasteiger partial charge in [0.05, 0.1) is 17.2 Å². The lowest BCUT2D eigenvalue weighted by atomic mass is 9.78. The number of hydrogen-bond donors (Lipinski definition) is 1. The number of aryl methyl sites for hydroxylation is 2. The number of hydrogen-bond acceptors (Lipinski definition) is 4. The Bertz CT molecular complexity index is 1290. The third-order valence-corrected chi connectivity index (χ3v) is 6.44. The van der Waals surface area contributed by atoms with Gasteiger partial charge in [-0.3, -0.25) is 4.79 Å². The summed E-state index contributed by atoms with van der Waals surface area (Å²) in [6.07, 6.45) is 2.83. The number of aromatic amines is 1. The number of nitrogens with zero attached hydrogens (tertiary/aromatic N) is 1. The summed E-state index contributed by atoms with van der Waals surface area (Å²) >= 11 is 0. The molecule has 2 aromatic carbocycles. The molecule has 1 unspecified atom stereocenters. The lowest BCUT2D eigenvalue weighted by molar-refractivity contribution is 0.600. The molecule has 0 radical (unpaired) electrons. The summed E-state index contributed by atoms with van der Waals surface area (Å²) in [5.74, 6) is 0.101. The molecule has 0 fully saturated rings. The fraction of sp³-hybridized carbons (Fsp3) is 0.333. The van der Waals surface area contributed by atoms with E-state index in [1.807, 2.05) is 62.4 Å². The number of nitriles is 1. The van der Waals surface area contributed by atoms with E-state index in [9.17, 15) is 18.5 Å². The third kappa shape index (κ3) is 4.98. The first-order chi connectivity index (χ1) is 14.1. The molecule has 0 spiro atoms. The highest BCUT2D eigenvalue weighted by Gasteiger charge is 2.27. The van der Waals surface area contributed by atoms with Crippen molar-refractivity contribution in [2.75, 3.05) is 12.0 Å². The number of aromatic nitrogens is 1. The quantitative estimate of drug-likeness (QED) is 0.628. The zero-order chi connectivity index (χ0) is 21.9. The van der Waals surface area contributed by atoms with Crippen LogP contribution in [0.25, 0.3) is 10.9 Å². The monoisotopic (exact) mass is 422 g/mol. The van der Waals surface area contributed by atoms with Crippen molar-refractivity contribution in [1.82, 2.24) is 4.98 Å². The van der Waals surface area contributed by atoms with E-state index in [-0.39, 0.29) is 11.3 Å². The summed E-state index contributed by atoms with van der Waals surface area (Å²) < 4.78 is 22.9. The number of pyridine rings is 1. The standard InChI is InChI=1S/C24H26N2O3S/c1-4-19-13-20-8-9-21(14-22(20)26-23(19)27)24(2,16-25)15-18-7-5-6-17(12-18)10-11-30(3,28)29/h5-9,12-14H,4,10-11,15H2,1-3H3,(H,26,27). The van der Waals surface area contributed by atoms with Gasteiger partial charge in [-0.25, -0.2) is 8.42 Å². The van der Waals surface area contributed by atoms with Crippen LogP contribution in [-0.2, 0) is 34.5 Å². The molecule has 1 atom stereocenters. The van der Waals surface area contributed by atoms with Crippen molar-refractivity contribution < 1.29 is 8.42 Å².